The number of hydrogen-bond acceptors (Lipinski definition) is 5. The zero-order valence-electron chi connectivity index (χ0n) is 15.0. The van der Waals surface area contributed by atoms with Gasteiger partial charge in [-0.2, -0.15) is 0 Å². The molecule has 1 amide bonds. The van der Waals surface area contributed by atoms with Crippen molar-refractivity contribution in [3.05, 3.63) is 34.9 Å². The van der Waals surface area contributed by atoms with Crippen LogP contribution < -0.4 is 5.32 Å². The predicted molar refractivity (Wildman–Crippen MR) is 97.4 cm³/mol. The Labute approximate surface area is 154 Å². The predicted octanol–water partition coefficient (Wildman–Crippen LogP) is 1.72. The number of carbonyl (C=O) groups is 2. The Bertz CT molecular complexity index is 802. The first-order chi connectivity index (χ1) is 12.3. The van der Waals surface area contributed by atoms with Gasteiger partial charge in [0.25, 0.3) is 5.91 Å². The van der Waals surface area contributed by atoms with E-state index in [1.807, 2.05) is 13.0 Å². The summed E-state index contributed by atoms with van der Waals surface area (Å²) >= 11 is 0. The van der Waals surface area contributed by atoms with E-state index in [2.05, 4.69) is 17.4 Å². The number of ether oxygens (including phenoxy) is 1. The van der Waals surface area contributed by atoms with E-state index in [-0.39, 0.29) is 36.5 Å². The molecule has 7 heteroatoms. The molecule has 142 valence electrons. The molecular formula is C19H25NO5S. The van der Waals surface area contributed by atoms with E-state index in [0.717, 1.165) is 18.4 Å². The van der Waals surface area contributed by atoms with Gasteiger partial charge in [0.15, 0.2) is 16.4 Å². The molecule has 0 unspecified atom stereocenters. The summed E-state index contributed by atoms with van der Waals surface area (Å²) in [5.41, 5.74) is 3.77. The molecule has 0 aromatic heterocycles. The van der Waals surface area contributed by atoms with Crippen LogP contribution in [0.2, 0.25) is 0 Å². The first kappa shape index (κ1) is 18.9. The molecule has 26 heavy (non-hydrogen) atoms. The highest BCUT2D eigenvalue weighted by Crippen LogP contribution is 2.25. The third-order valence-electron chi connectivity index (χ3n) is 5.16. The van der Waals surface area contributed by atoms with Crippen molar-refractivity contribution in [2.75, 3.05) is 18.1 Å². The maximum atomic E-state index is 12.1. The number of aryl methyl sites for hydroxylation is 2. The molecular weight excluding hydrogens is 354 g/mol. The third kappa shape index (κ3) is 4.63. The number of hydrogen-bond donors (Lipinski definition) is 1. The molecule has 0 bridgehead atoms. The SMILES string of the molecule is C[C@H](NC(=O)COC(=O)[C@@H]1CCS(=O)(=O)C1)c1ccc2c(c1)CCCC2. The molecule has 1 fully saturated rings. The molecule has 2 aliphatic rings. The van der Waals surface area contributed by atoms with Crippen molar-refractivity contribution in [3.63, 3.8) is 0 Å². The molecule has 0 radical (unpaired) electrons. The van der Waals surface area contributed by atoms with Crippen LogP contribution in [0.3, 0.4) is 0 Å². The van der Waals surface area contributed by atoms with Crippen molar-refractivity contribution in [2.24, 2.45) is 5.92 Å². The van der Waals surface area contributed by atoms with Crippen LogP contribution in [0.15, 0.2) is 18.2 Å². The van der Waals surface area contributed by atoms with Gasteiger partial charge in [0.2, 0.25) is 0 Å². The van der Waals surface area contributed by atoms with E-state index in [1.54, 1.807) is 0 Å². The molecule has 3 rings (SSSR count). The van der Waals surface area contributed by atoms with Gasteiger partial charge in [0.1, 0.15) is 0 Å². The number of rotatable bonds is 5. The van der Waals surface area contributed by atoms with Crippen LogP contribution in [0.5, 0.6) is 0 Å². The fourth-order valence-corrected chi connectivity index (χ4v) is 5.35. The summed E-state index contributed by atoms with van der Waals surface area (Å²) in [7, 11) is -3.14. The molecule has 1 aliphatic heterocycles. The minimum atomic E-state index is -3.14. The van der Waals surface area contributed by atoms with Crippen LogP contribution in [0, 0.1) is 5.92 Å². The zero-order chi connectivity index (χ0) is 18.7. The monoisotopic (exact) mass is 379 g/mol. The molecule has 1 aromatic carbocycles. The summed E-state index contributed by atoms with van der Waals surface area (Å²) in [4.78, 5) is 23.9. The second-order valence-electron chi connectivity index (χ2n) is 7.23. The number of benzene rings is 1. The summed E-state index contributed by atoms with van der Waals surface area (Å²) in [5.74, 6) is -1.81. The Balaban J connectivity index is 1.49. The second kappa shape index (κ2) is 7.78. The highest BCUT2D eigenvalue weighted by Gasteiger charge is 2.34. The number of nitrogens with one attached hydrogen (secondary N) is 1. The van der Waals surface area contributed by atoms with Gasteiger partial charge in [-0.1, -0.05) is 18.2 Å². The fourth-order valence-electron chi connectivity index (χ4n) is 3.62. The van der Waals surface area contributed by atoms with E-state index >= 15 is 0 Å². The summed E-state index contributed by atoms with van der Waals surface area (Å²) in [6, 6.07) is 6.13. The van der Waals surface area contributed by atoms with Crippen LogP contribution >= 0.6 is 0 Å². The van der Waals surface area contributed by atoms with E-state index in [9.17, 15) is 18.0 Å². The van der Waals surface area contributed by atoms with E-state index in [0.29, 0.717) is 0 Å². The van der Waals surface area contributed by atoms with Gasteiger partial charge in [-0.3, -0.25) is 9.59 Å². The Hall–Kier alpha value is -1.89. The van der Waals surface area contributed by atoms with E-state index in [1.165, 1.54) is 24.0 Å². The Morgan fingerprint density at radius 3 is 2.65 bits per heavy atom. The van der Waals surface area contributed by atoms with Crippen LogP contribution in [-0.2, 0) is 37.0 Å². The number of sulfone groups is 1. The maximum absolute atomic E-state index is 12.1. The third-order valence-corrected chi connectivity index (χ3v) is 6.93. The average molecular weight is 379 g/mol. The maximum Gasteiger partial charge on any atom is 0.310 e. The molecule has 0 spiro atoms. The first-order valence-corrected chi connectivity index (χ1v) is 10.9. The summed E-state index contributed by atoms with van der Waals surface area (Å²) in [5, 5.41) is 2.83. The van der Waals surface area contributed by atoms with E-state index in [4.69, 9.17) is 4.74 Å². The van der Waals surface area contributed by atoms with Gasteiger partial charge >= 0.3 is 5.97 Å². The summed E-state index contributed by atoms with van der Waals surface area (Å²) in [6.45, 7) is 1.51. The quantitative estimate of drug-likeness (QED) is 0.787. The number of esters is 1. The van der Waals surface area contributed by atoms with Gasteiger partial charge < -0.3 is 10.1 Å². The Morgan fingerprint density at radius 2 is 1.96 bits per heavy atom. The van der Waals surface area contributed by atoms with Gasteiger partial charge in [-0.05, 0) is 55.7 Å². The lowest BCUT2D eigenvalue weighted by molar-refractivity contribution is -0.152. The van der Waals surface area contributed by atoms with Crippen LogP contribution in [0.4, 0.5) is 0 Å². The lowest BCUT2D eigenvalue weighted by atomic mass is 9.89. The lowest BCUT2D eigenvalue weighted by Crippen LogP contribution is -2.32. The lowest BCUT2D eigenvalue weighted by Gasteiger charge is -2.20. The molecule has 1 N–H and O–H groups in total. The fraction of sp³-hybridized carbons (Fsp3) is 0.579. The van der Waals surface area contributed by atoms with Gasteiger partial charge in [-0.25, -0.2) is 8.42 Å². The zero-order valence-corrected chi connectivity index (χ0v) is 15.8. The minimum Gasteiger partial charge on any atom is -0.455 e. The van der Waals surface area contributed by atoms with Crippen molar-refractivity contribution in [3.8, 4) is 0 Å². The molecule has 1 heterocycles. The van der Waals surface area contributed by atoms with Crippen LogP contribution in [0.25, 0.3) is 0 Å². The molecule has 1 aliphatic carbocycles. The summed E-state index contributed by atoms with van der Waals surface area (Å²) < 4.78 is 27.8. The molecule has 1 saturated heterocycles. The normalized spacial score (nSPS) is 22.3. The van der Waals surface area contributed by atoms with Crippen molar-refractivity contribution in [1.29, 1.82) is 0 Å². The average Bonchev–Trinajstić information content (AvgIpc) is 2.99. The highest BCUT2D eigenvalue weighted by molar-refractivity contribution is 7.91. The van der Waals surface area contributed by atoms with Crippen molar-refractivity contribution >= 4 is 21.7 Å². The molecule has 2 atom stereocenters. The largest absolute Gasteiger partial charge is 0.455 e. The summed E-state index contributed by atoms with van der Waals surface area (Å²) in [6.07, 6.45) is 4.89. The van der Waals surface area contributed by atoms with Crippen molar-refractivity contribution < 1.29 is 22.7 Å². The van der Waals surface area contributed by atoms with Crippen LogP contribution in [-0.4, -0.2) is 38.4 Å². The molecule has 1 aromatic rings. The smallest absolute Gasteiger partial charge is 0.310 e. The van der Waals surface area contributed by atoms with E-state index < -0.39 is 21.7 Å². The number of carbonyl (C=O) groups excluding carboxylic acids is 2. The second-order valence-corrected chi connectivity index (χ2v) is 9.46. The first-order valence-electron chi connectivity index (χ1n) is 9.12. The number of fused-ring (bicyclic) bond motifs is 1. The minimum absolute atomic E-state index is 0.00826. The standard InChI is InChI=1S/C19H25NO5S/c1-13(15-7-6-14-4-2-3-5-16(14)10-15)20-18(21)11-25-19(22)17-8-9-26(23,24)12-17/h6-7,10,13,17H,2-5,8-9,11-12H2,1H3,(H,20,21)/t13-,17+/m0/s1. The van der Waals surface area contributed by atoms with Gasteiger partial charge in [0.05, 0.1) is 23.5 Å². The molecule has 6 nitrogen and oxygen atoms in total. The van der Waals surface area contributed by atoms with Crippen molar-refractivity contribution in [2.45, 2.75) is 45.1 Å². The Kier molecular flexibility index (Phi) is 5.65. The van der Waals surface area contributed by atoms with Crippen molar-refractivity contribution in [1.82, 2.24) is 5.32 Å². The number of amides is 1. The Morgan fingerprint density at radius 1 is 1.23 bits per heavy atom. The van der Waals surface area contributed by atoms with Gasteiger partial charge in [0, 0.05) is 0 Å². The van der Waals surface area contributed by atoms with Gasteiger partial charge in [-0.15, -0.1) is 0 Å². The highest BCUT2D eigenvalue weighted by atomic mass is 32.2. The topological polar surface area (TPSA) is 89.5 Å². The van der Waals surface area contributed by atoms with Crippen LogP contribution in [0.1, 0.15) is 48.9 Å². The molecule has 0 saturated carbocycles.